The first-order chi connectivity index (χ1) is 25.6. The highest BCUT2D eigenvalue weighted by Gasteiger charge is 2.50. The Balaban J connectivity index is 0.000000633. The number of rotatable bonds is 16. The molecule has 2 aliphatic rings. The van der Waals surface area contributed by atoms with Crippen molar-refractivity contribution < 1.29 is 32.9 Å². The maximum atomic E-state index is 11.4. The fraction of sp³-hybridized carbons (Fsp3) is 0.630. The van der Waals surface area contributed by atoms with Crippen molar-refractivity contribution in [2.24, 2.45) is 22.7 Å². The Bertz CT molecular complexity index is 1470. The van der Waals surface area contributed by atoms with Gasteiger partial charge in [0, 0.05) is 43.1 Å². The van der Waals surface area contributed by atoms with Crippen LogP contribution in [-0.2, 0) is 32.9 Å². The molecule has 0 N–H and O–H groups in total. The van der Waals surface area contributed by atoms with E-state index >= 15 is 0 Å². The summed E-state index contributed by atoms with van der Waals surface area (Å²) in [5.74, 6) is -0.902. The van der Waals surface area contributed by atoms with E-state index in [0.717, 1.165) is 26.4 Å². The van der Waals surface area contributed by atoms with E-state index in [-0.39, 0.29) is 45.1 Å². The summed E-state index contributed by atoms with van der Waals surface area (Å²) in [4.78, 5) is 11.4. The highest BCUT2D eigenvalue weighted by atomic mass is 127. The van der Waals surface area contributed by atoms with Gasteiger partial charge in [-0.25, -0.2) is 0 Å². The minimum absolute atomic E-state index is 0. The maximum absolute atomic E-state index is 11.4. The molecule has 2 aromatic carbocycles. The third-order valence-corrected chi connectivity index (χ3v) is 17.8. The highest BCUT2D eigenvalue weighted by Crippen LogP contribution is 2.41. The standard InChI is InChI=1S/C30H43IO3Si.C15H25IO4.CH4.P/c1-24(25(2)31)21-30(32-22-29(6,7)23-33-30)19-14-20-34-35(28(3,4)5,26-15-10-8-11-16-26)27-17-12-9-13-18-27;1-11(12(2)16)8-15(7-6-13(17)18-5)19-9-14(3,4)10-20-15;;/h8-13,15-18,24H,2,14,19-23H2,1,3-7H3;11H,2,6-10H2,1,3-5H3;1H4;/q;;;-3/t24-;11-;;/m11../s1. The third kappa shape index (κ3) is 15.9. The van der Waals surface area contributed by atoms with Crippen LogP contribution in [-0.4, -0.2) is 66.0 Å². The van der Waals surface area contributed by atoms with E-state index in [9.17, 15) is 4.79 Å². The molecule has 0 spiro atoms. The van der Waals surface area contributed by atoms with Crippen molar-refractivity contribution in [3.63, 3.8) is 0 Å². The van der Waals surface area contributed by atoms with Crippen molar-refractivity contribution >= 4 is 79.7 Å². The van der Waals surface area contributed by atoms with Gasteiger partial charge in [-0.2, -0.15) is 0 Å². The molecule has 324 valence electrons. The summed E-state index contributed by atoms with van der Waals surface area (Å²) in [6, 6.07) is 21.7. The van der Waals surface area contributed by atoms with Crippen molar-refractivity contribution in [1.82, 2.24) is 0 Å². The van der Waals surface area contributed by atoms with E-state index in [0.29, 0.717) is 58.2 Å². The molecule has 2 atom stereocenters. The summed E-state index contributed by atoms with van der Waals surface area (Å²) in [6.45, 7) is 31.4. The van der Waals surface area contributed by atoms with Crippen LogP contribution in [0.3, 0.4) is 0 Å². The number of carbonyl (C=O) groups excluding carboxylic acids is 1. The number of methoxy groups -OCH3 is 1. The summed E-state index contributed by atoms with van der Waals surface area (Å²) < 4.78 is 39.0. The SMILES string of the molecule is C.C=C(I)[C@H](C)CC1(CCC(=O)OC)OCC(C)(C)CO1.C=C(I)[C@H](C)CC1(CCCO[Si](c2ccccc2)(c2ccccc2)C(C)(C)C)OCC(C)(C)CO1.[P-3]. The van der Waals surface area contributed by atoms with Gasteiger partial charge in [0.25, 0.3) is 8.32 Å². The molecule has 0 radical (unpaired) electrons. The third-order valence-electron chi connectivity index (χ3n) is 10.6. The smallest absolute Gasteiger partial charge is 0.305 e. The molecule has 0 saturated carbocycles. The van der Waals surface area contributed by atoms with Crippen LogP contribution >= 0.6 is 55.1 Å². The second-order valence-electron chi connectivity index (χ2n) is 18.1. The van der Waals surface area contributed by atoms with Crippen molar-refractivity contribution in [3.05, 3.63) is 81.0 Å². The number of hydrogen-bond donors (Lipinski definition) is 0. The Labute approximate surface area is 378 Å². The molecular weight excluding hydrogens is 977 g/mol. The van der Waals surface area contributed by atoms with Gasteiger partial charge in [-0.1, -0.05) is 144 Å². The Morgan fingerprint density at radius 2 is 1.12 bits per heavy atom. The Morgan fingerprint density at radius 1 is 0.754 bits per heavy atom. The van der Waals surface area contributed by atoms with E-state index in [1.807, 2.05) is 0 Å². The molecule has 11 heteroatoms. The Morgan fingerprint density at radius 3 is 1.46 bits per heavy atom. The molecule has 0 unspecified atom stereocenters. The molecular formula is C46H72I2O7PSi-3. The summed E-state index contributed by atoms with van der Waals surface area (Å²) in [6.07, 6.45) is 4.05. The van der Waals surface area contributed by atoms with Crippen LogP contribution in [0.25, 0.3) is 0 Å². The number of carbonyl (C=O) groups is 1. The van der Waals surface area contributed by atoms with Crippen molar-refractivity contribution in [3.8, 4) is 0 Å². The lowest BCUT2D eigenvalue weighted by Gasteiger charge is -3.00. The number of hydrogen-bond acceptors (Lipinski definition) is 7. The lowest BCUT2D eigenvalue weighted by Crippen LogP contribution is -2.66. The van der Waals surface area contributed by atoms with E-state index in [1.54, 1.807) is 0 Å². The minimum atomic E-state index is -2.53. The summed E-state index contributed by atoms with van der Waals surface area (Å²) in [5.41, 5.74) is 0.0544. The van der Waals surface area contributed by atoms with Gasteiger partial charge in [0.2, 0.25) is 0 Å². The molecule has 7 nitrogen and oxygen atoms in total. The van der Waals surface area contributed by atoms with Gasteiger partial charge in [0.1, 0.15) is 0 Å². The van der Waals surface area contributed by atoms with Gasteiger partial charge in [-0.3, -0.25) is 4.79 Å². The zero-order valence-corrected chi connectivity index (χ0v) is 41.9. The van der Waals surface area contributed by atoms with Gasteiger partial charge in [0.05, 0.1) is 40.0 Å². The average Bonchev–Trinajstić information content (AvgIpc) is 3.13. The van der Waals surface area contributed by atoms with Crippen LogP contribution < -0.4 is 10.4 Å². The zero-order valence-electron chi connectivity index (χ0n) is 35.7. The van der Waals surface area contributed by atoms with E-state index in [4.69, 9.17) is 28.1 Å². The van der Waals surface area contributed by atoms with E-state index in [2.05, 4.69) is 181 Å². The predicted octanol–water partition coefficient (Wildman–Crippen LogP) is 12.3. The number of ether oxygens (including phenoxy) is 5. The van der Waals surface area contributed by atoms with E-state index in [1.165, 1.54) is 17.5 Å². The van der Waals surface area contributed by atoms with Gasteiger partial charge in [0.15, 0.2) is 11.6 Å². The van der Waals surface area contributed by atoms with Crippen LogP contribution in [0.2, 0.25) is 5.04 Å². The lowest BCUT2D eigenvalue weighted by molar-refractivity contribution is -0.307. The van der Waals surface area contributed by atoms with Crippen molar-refractivity contribution in [1.29, 1.82) is 0 Å². The zero-order chi connectivity index (χ0) is 41.1. The number of esters is 1. The molecule has 57 heavy (non-hydrogen) atoms. The van der Waals surface area contributed by atoms with Gasteiger partial charge in [-0.05, 0) is 86.0 Å². The monoisotopic (exact) mass is 1050 g/mol. The number of allylic oxidation sites excluding steroid dienone is 2. The first-order valence-electron chi connectivity index (χ1n) is 19.7. The van der Waals surface area contributed by atoms with E-state index < -0.39 is 19.9 Å². The molecule has 2 fully saturated rings. The highest BCUT2D eigenvalue weighted by molar-refractivity contribution is 14.1. The molecule has 0 aliphatic carbocycles. The van der Waals surface area contributed by atoms with Gasteiger partial charge < -0.3 is 38.0 Å². The first-order valence-corrected chi connectivity index (χ1v) is 23.7. The topological polar surface area (TPSA) is 72.5 Å². The average molecular weight is 1050 g/mol. The lowest BCUT2D eigenvalue weighted by atomic mass is 9.91. The van der Waals surface area contributed by atoms with Crippen molar-refractivity contribution in [2.45, 2.75) is 125 Å². The van der Waals surface area contributed by atoms with Crippen LogP contribution in [0.15, 0.2) is 81.0 Å². The Hall–Kier alpha value is -0.703. The second-order valence-corrected chi connectivity index (χ2v) is 25.2. The van der Waals surface area contributed by atoms with Crippen LogP contribution in [0, 0.1) is 22.7 Å². The molecule has 0 bridgehead atoms. The van der Waals surface area contributed by atoms with Gasteiger partial charge >= 0.3 is 5.97 Å². The fourth-order valence-electron chi connectivity index (χ4n) is 7.08. The summed E-state index contributed by atoms with van der Waals surface area (Å²) >= 11 is 4.56. The summed E-state index contributed by atoms with van der Waals surface area (Å²) in [5, 5.41) is 2.60. The molecule has 4 rings (SSSR count). The Kier molecular flexibility index (Phi) is 22.4. The number of benzene rings is 2. The van der Waals surface area contributed by atoms with Crippen molar-refractivity contribution in [2.75, 3.05) is 40.1 Å². The summed E-state index contributed by atoms with van der Waals surface area (Å²) in [7, 11) is -1.13. The molecule has 2 aromatic rings. The first kappa shape index (κ1) is 54.3. The van der Waals surface area contributed by atoms with Crippen LogP contribution in [0.5, 0.6) is 0 Å². The second kappa shape index (κ2) is 23.5. The fourth-order valence-corrected chi connectivity index (χ4v) is 12.1. The van der Waals surface area contributed by atoms with Gasteiger partial charge in [-0.15, -0.1) is 0 Å². The molecule has 2 aliphatic heterocycles. The molecule has 0 amide bonds. The van der Waals surface area contributed by atoms with Crippen LogP contribution in [0.4, 0.5) is 0 Å². The maximum Gasteiger partial charge on any atom is 0.305 e. The normalized spacial score (nSPS) is 19.2. The minimum Gasteiger partial charge on any atom is -3.00 e. The molecule has 2 saturated heterocycles. The molecule has 0 aromatic heterocycles. The number of halogens is 2. The van der Waals surface area contributed by atoms with Crippen LogP contribution in [0.1, 0.15) is 108 Å². The molecule has 2 heterocycles. The predicted molar refractivity (Wildman–Crippen MR) is 258 cm³/mol. The quantitative estimate of drug-likeness (QED) is 0.0545. The largest absolute Gasteiger partial charge is 3.00 e.